The first kappa shape index (κ1) is 12.2. The molecule has 1 saturated heterocycles. The van der Waals surface area contributed by atoms with Crippen LogP contribution in [0.1, 0.15) is 19.3 Å². The lowest BCUT2D eigenvalue weighted by molar-refractivity contribution is 0.00622. The Labute approximate surface area is 112 Å². The third-order valence-corrected chi connectivity index (χ3v) is 3.47. The van der Waals surface area contributed by atoms with Gasteiger partial charge in [-0.05, 0) is 31.4 Å². The smallest absolute Gasteiger partial charge is 0.123 e. The van der Waals surface area contributed by atoms with E-state index in [1.807, 2.05) is 24.7 Å². The van der Waals surface area contributed by atoms with E-state index < -0.39 is 0 Å². The van der Waals surface area contributed by atoms with Crippen molar-refractivity contribution < 1.29 is 4.74 Å². The number of rotatable bonds is 3. The average Bonchev–Trinajstić information content (AvgIpc) is 2.89. The molecule has 2 aromatic heterocycles. The number of nitrogen functional groups attached to an aromatic ring is 1. The summed E-state index contributed by atoms with van der Waals surface area (Å²) in [6, 6.07) is 3.78. The van der Waals surface area contributed by atoms with Gasteiger partial charge in [-0.3, -0.25) is 0 Å². The zero-order valence-electron chi connectivity index (χ0n) is 10.8. The lowest BCUT2D eigenvalue weighted by Crippen LogP contribution is -2.24. The Morgan fingerprint density at radius 2 is 2.26 bits per heavy atom. The number of anilines is 1. The fourth-order valence-corrected chi connectivity index (χ4v) is 2.43. The molecule has 1 atom stereocenters. The highest BCUT2D eigenvalue weighted by Gasteiger charge is 2.16. The van der Waals surface area contributed by atoms with Crippen LogP contribution in [0.3, 0.4) is 0 Å². The molecule has 5 nitrogen and oxygen atoms in total. The Hall–Kier alpha value is -1.88. The van der Waals surface area contributed by atoms with Crippen molar-refractivity contribution in [2.45, 2.75) is 31.9 Å². The minimum absolute atomic E-state index is 0.295. The van der Waals surface area contributed by atoms with E-state index in [2.05, 4.69) is 14.5 Å². The molecule has 3 rings (SSSR count). The van der Waals surface area contributed by atoms with E-state index in [0.29, 0.717) is 11.9 Å². The molecule has 5 heteroatoms. The zero-order chi connectivity index (χ0) is 13.1. The molecule has 1 aliphatic heterocycles. The molecule has 1 unspecified atom stereocenters. The second kappa shape index (κ2) is 5.40. The minimum Gasteiger partial charge on any atom is -0.384 e. The fraction of sp³-hybridized carbons (Fsp3) is 0.429. The van der Waals surface area contributed by atoms with E-state index >= 15 is 0 Å². The molecule has 0 aliphatic carbocycles. The van der Waals surface area contributed by atoms with Crippen molar-refractivity contribution in [1.82, 2.24) is 14.5 Å². The summed E-state index contributed by atoms with van der Waals surface area (Å²) in [5.74, 6) is 0.533. The maximum absolute atomic E-state index is 5.78. The minimum atomic E-state index is 0.295. The number of hydrogen-bond acceptors (Lipinski definition) is 4. The van der Waals surface area contributed by atoms with Crippen LogP contribution in [-0.2, 0) is 11.3 Å². The van der Waals surface area contributed by atoms with Gasteiger partial charge in [-0.15, -0.1) is 0 Å². The van der Waals surface area contributed by atoms with Crippen molar-refractivity contribution in [3.05, 3.63) is 30.9 Å². The number of pyridine rings is 1. The maximum atomic E-state index is 5.78. The standard InChI is InChI=1S/C14H18N4O/c15-14-5-4-11(7-17-14)13-8-16-10-18(13)9-12-3-1-2-6-19-12/h4-5,7-8,10,12H,1-3,6,9H2,(H2,15,17). The molecule has 0 radical (unpaired) electrons. The quantitative estimate of drug-likeness (QED) is 0.915. The molecule has 0 saturated carbocycles. The van der Waals surface area contributed by atoms with Crippen molar-refractivity contribution in [3.63, 3.8) is 0 Å². The lowest BCUT2D eigenvalue weighted by atomic mass is 10.1. The van der Waals surface area contributed by atoms with Crippen LogP contribution in [0.4, 0.5) is 5.82 Å². The Morgan fingerprint density at radius 3 is 3.00 bits per heavy atom. The van der Waals surface area contributed by atoms with Crippen molar-refractivity contribution in [1.29, 1.82) is 0 Å². The van der Waals surface area contributed by atoms with Gasteiger partial charge in [-0.25, -0.2) is 9.97 Å². The first-order valence-corrected chi connectivity index (χ1v) is 6.66. The summed E-state index contributed by atoms with van der Waals surface area (Å²) in [7, 11) is 0. The van der Waals surface area contributed by atoms with Gasteiger partial charge in [0, 0.05) is 18.4 Å². The summed E-state index contributed by atoms with van der Waals surface area (Å²) in [5.41, 5.74) is 7.70. The largest absolute Gasteiger partial charge is 0.384 e. The summed E-state index contributed by atoms with van der Waals surface area (Å²) in [5, 5.41) is 0. The zero-order valence-corrected chi connectivity index (χ0v) is 10.8. The molecule has 2 aromatic rings. The van der Waals surface area contributed by atoms with Crippen LogP contribution in [0.2, 0.25) is 0 Å². The van der Waals surface area contributed by atoms with Crippen molar-refractivity contribution >= 4 is 5.82 Å². The van der Waals surface area contributed by atoms with Gasteiger partial charge in [-0.2, -0.15) is 0 Å². The van der Waals surface area contributed by atoms with Crippen LogP contribution in [0.25, 0.3) is 11.3 Å². The molecule has 2 N–H and O–H groups in total. The number of nitrogens with zero attached hydrogens (tertiary/aromatic N) is 3. The van der Waals surface area contributed by atoms with Gasteiger partial charge in [0.05, 0.1) is 30.9 Å². The molecule has 100 valence electrons. The molecule has 3 heterocycles. The molecular formula is C14H18N4O. The van der Waals surface area contributed by atoms with Gasteiger partial charge in [0.2, 0.25) is 0 Å². The third kappa shape index (κ3) is 2.76. The number of hydrogen-bond donors (Lipinski definition) is 1. The highest BCUT2D eigenvalue weighted by molar-refractivity contribution is 5.59. The summed E-state index contributed by atoms with van der Waals surface area (Å²) < 4.78 is 7.91. The van der Waals surface area contributed by atoms with Crippen LogP contribution < -0.4 is 5.73 Å². The van der Waals surface area contributed by atoms with Gasteiger partial charge in [0.1, 0.15) is 5.82 Å². The van der Waals surface area contributed by atoms with Crippen LogP contribution in [-0.4, -0.2) is 27.2 Å². The fourth-order valence-electron chi connectivity index (χ4n) is 2.43. The predicted octanol–water partition coefficient (Wildman–Crippen LogP) is 2.10. The topological polar surface area (TPSA) is 66.0 Å². The lowest BCUT2D eigenvalue weighted by Gasteiger charge is -2.23. The third-order valence-electron chi connectivity index (χ3n) is 3.47. The Bertz CT molecular complexity index is 529. The first-order chi connectivity index (χ1) is 9.33. The van der Waals surface area contributed by atoms with E-state index in [1.165, 1.54) is 12.8 Å². The molecule has 19 heavy (non-hydrogen) atoms. The summed E-state index contributed by atoms with van der Waals surface area (Å²) in [6.07, 6.45) is 9.33. The molecule has 0 amide bonds. The SMILES string of the molecule is Nc1ccc(-c2cncn2CC2CCCCO2)cn1. The summed E-state index contributed by atoms with van der Waals surface area (Å²) >= 11 is 0. The highest BCUT2D eigenvalue weighted by atomic mass is 16.5. The summed E-state index contributed by atoms with van der Waals surface area (Å²) in [6.45, 7) is 1.72. The molecular weight excluding hydrogens is 240 g/mol. The van der Waals surface area contributed by atoms with Gasteiger partial charge in [-0.1, -0.05) is 0 Å². The second-order valence-corrected chi connectivity index (χ2v) is 4.89. The van der Waals surface area contributed by atoms with Crippen LogP contribution in [0.5, 0.6) is 0 Å². The Kier molecular flexibility index (Phi) is 3.46. The van der Waals surface area contributed by atoms with Gasteiger partial charge < -0.3 is 15.0 Å². The molecule has 1 aliphatic rings. The van der Waals surface area contributed by atoms with Gasteiger partial charge >= 0.3 is 0 Å². The Morgan fingerprint density at radius 1 is 1.32 bits per heavy atom. The molecule has 0 bridgehead atoms. The summed E-state index contributed by atoms with van der Waals surface area (Å²) in [4.78, 5) is 8.36. The van der Waals surface area contributed by atoms with Crippen molar-refractivity contribution in [2.75, 3.05) is 12.3 Å². The van der Waals surface area contributed by atoms with Gasteiger partial charge in [0.25, 0.3) is 0 Å². The first-order valence-electron chi connectivity index (χ1n) is 6.66. The monoisotopic (exact) mass is 258 g/mol. The maximum Gasteiger partial charge on any atom is 0.123 e. The average molecular weight is 258 g/mol. The van der Waals surface area contributed by atoms with Gasteiger partial charge in [0.15, 0.2) is 0 Å². The van der Waals surface area contributed by atoms with E-state index in [1.54, 1.807) is 6.20 Å². The number of ether oxygens (including phenoxy) is 1. The van der Waals surface area contributed by atoms with Crippen molar-refractivity contribution in [3.8, 4) is 11.3 Å². The van der Waals surface area contributed by atoms with E-state index in [0.717, 1.165) is 30.8 Å². The normalized spacial score (nSPS) is 19.5. The highest BCUT2D eigenvalue weighted by Crippen LogP contribution is 2.21. The number of nitrogens with two attached hydrogens (primary N) is 1. The van der Waals surface area contributed by atoms with E-state index in [-0.39, 0.29) is 0 Å². The molecule has 0 spiro atoms. The Balaban J connectivity index is 1.79. The predicted molar refractivity (Wildman–Crippen MR) is 73.5 cm³/mol. The van der Waals surface area contributed by atoms with Crippen molar-refractivity contribution in [2.24, 2.45) is 0 Å². The van der Waals surface area contributed by atoms with Crippen LogP contribution in [0.15, 0.2) is 30.9 Å². The molecule has 1 fully saturated rings. The van der Waals surface area contributed by atoms with Crippen LogP contribution >= 0.6 is 0 Å². The molecule has 0 aromatic carbocycles. The van der Waals surface area contributed by atoms with E-state index in [4.69, 9.17) is 10.5 Å². The van der Waals surface area contributed by atoms with Crippen LogP contribution in [0, 0.1) is 0 Å². The second-order valence-electron chi connectivity index (χ2n) is 4.89. The van der Waals surface area contributed by atoms with E-state index in [9.17, 15) is 0 Å². The number of imidazole rings is 1. The number of aromatic nitrogens is 3.